The van der Waals surface area contributed by atoms with Crippen molar-refractivity contribution in [3.8, 4) is 0 Å². The molecule has 0 unspecified atom stereocenters. The molecule has 0 aliphatic heterocycles. The SMILES string of the molecule is C[C@@H]1C=C(C(=O)O)C(C(=O)O)=C[C@@H]1O. The molecule has 0 saturated carbocycles. The summed E-state index contributed by atoms with van der Waals surface area (Å²) in [6.45, 7) is 1.61. The van der Waals surface area contributed by atoms with Crippen LogP contribution in [0.1, 0.15) is 6.92 Å². The highest BCUT2D eigenvalue weighted by Gasteiger charge is 2.27. The Kier molecular flexibility index (Phi) is 2.71. The van der Waals surface area contributed by atoms with Gasteiger partial charge in [0.1, 0.15) is 0 Å². The predicted molar refractivity (Wildman–Crippen MR) is 46.6 cm³/mol. The molecule has 0 aromatic heterocycles. The van der Waals surface area contributed by atoms with Gasteiger partial charge in [-0.1, -0.05) is 13.0 Å². The first kappa shape index (κ1) is 10.5. The van der Waals surface area contributed by atoms with Crippen molar-refractivity contribution < 1.29 is 24.9 Å². The maximum Gasteiger partial charge on any atom is 0.336 e. The van der Waals surface area contributed by atoms with Crippen LogP contribution in [0, 0.1) is 5.92 Å². The lowest BCUT2D eigenvalue weighted by Crippen LogP contribution is -2.24. The van der Waals surface area contributed by atoms with Crippen LogP contribution < -0.4 is 0 Å². The Morgan fingerprint density at radius 3 is 2.00 bits per heavy atom. The lowest BCUT2D eigenvalue weighted by atomic mass is 9.89. The molecule has 0 aromatic carbocycles. The minimum atomic E-state index is -1.34. The topological polar surface area (TPSA) is 94.8 Å². The summed E-state index contributed by atoms with van der Waals surface area (Å²) >= 11 is 0. The zero-order valence-corrected chi connectivity index (χ0v) is 7.47. The molecule has 0 aromatic rings. The second-order valence-corrected chi connectivity index (χ2v) is 3.12. The lowest BCUT2D eigenvalue weighted by Gasteiger charge is -2.19. The van der Waals surface area contributed by atoms with Gasteiger partial charge in [0.15, 0.2) is 0 Å². The highest BCUT2D eigenvalue weighted by Crippen LogP contribution is 2.23. The third kappa shape index (κ3) is 1.82. The summed E-state index contributed by atoms with van der Waals surface area (Å²) in [4.78, 5) is 21.3. The van der Waals surface area contributed by atoms with Gasteiger partial charge in [0.05, 0.1) is 17.3 Å². The number of carboxylic acids is 2. The summed E-state index contributed by atoms with van der Waals surface area (Å²) in [7, 11) is 0. The predicted octanol–water partition coefficient (Wildman–Crippen LogP) is 0.0190. The van der Waals surface area contributed by atoms with Crippen molar-refractivity contribution in [2.45, 2.75) is 13.0 Å². The van der Waals surface area contributed by atoms with E-state index in [2.05, 4.69) is 0 Å². The molecule has 1 rings (SSSR count). The first-order valence-corrected chi connectivity index (χ1v) is 4.02. The summed E-state index contributed by atoms with van der Waals surface area (Å²) in [6.07, 6.45) is 1.36. The van der Waals surface area contributed by atoms with Gasteiger partial charge >= 0.3 is 11.9 Å². The first-order valence-electron chi connectivity index (χ1n) is 4.02. The van der Waals surface area contributed by atoms with Crippen molar-refractivity contribution in [3.05, 3.63) is 23.3 Å². The van der Waals surface area contributed by atoms with Crippen LogP contribution in [0.3, 0.4) is 0 Å². The van der Waals surface area contributed by atoms with E-state index in [0.29, 0.717) is 0 Å². The summed E-state index contributed by atoms with van der Waals surface area (Å²) in [5, 5.41) is 26.7. The fraction of sp³-hybridized carbons (Fsp3) is 0.333. The van der Waals surface area contributed by atoms with Gasteiger partial charge in [-0.2, -0.15) is 0 Å². The van der Waals surface area contributed by atoms with Crippen molar-refractivity contribution >= 4 is 11.9 Å². The monoisotopic (exact) mass is 198 g/mol. The highest BCUT2D eigenvalue weighted by molar-refractivity contribution is 6.06. The van der Waals surface area contributed by atoms with E-state index >= 15 is 0 Å². The Morgan fingerprint density at radius 1 is 1.14 bits per heavy atom. The third-order valence-electron chi connectivity index (χ3n) is 2.06. The zero-order valence-electron chi connectivity index (χ0n) is 7.47. The average molecular weight is 198 g/mol. The van der Waals surface area contributed by atoms with Crippen molar-refractivity contribution in [1.82, 2.24) is 0 Å². The number of aliphatic hydroxyl groups excluding tert-OH is 1. The molecule has 5 nitrogen and oxygen atoms in total. The molecule has 2 atom stereocenters. The Balaban J connectivity index is 3.13. The fourth-order valence-corrected chi connectivity index (χ4v) is 1.24. The molecule has 0 heterocycles. The molecule has 14 heavy (non-hydrogen) atoms. The summed E-state index contributed by atoms with van der Waals surface area (Å²) < 4.78 is 0. The molecule has 0 spiro atoms. The third-order valence-corrected chi connectivity index (χ3v) is 2.06. The fourth-order valence-electron chi connectivity index (χ4n) is 1.24. The first-order chi connectivity index (χ1) is 6.43. The van der Waals surface area contributed by atoms with Gasteiger partial charge < -0.3 is 15.3 Å². The van der Waals surface area contributed by atoms with Crippen LogP contribution in [0.25, 0.3) is 0 Å². The van der Waals surface area contributed by atoms with Gasteiger partial charge in [0.2, 0.25) is 0 Å². The molecule has 0 bridgehead atoms. The maximum absolute atomic E-state index is 10.7. The van der Waals surface area contributed by atoms with E-state index in [4.69, 9.17) is 10.2 Å². The second kappa shape index (κ2) is 3.63. The molecule has 1 aliphatic rings. The van der Waals surface area contributed by atoms with E-state index in [9.17, 15) is 14.7 Å². The standard InChI is InChI=1S/C9H10O5/c1-4-2-5(8(11)12)6(9(13)14)3-7(4)10/h2-4,7,10H,1H3,(H,11,12)(H,13,14)/t4-,7+/m1/s1. The largest absolute Gasteiger partial charge is 0.478 e. The number of rotatable bonds is 2. The van der Waals surface area contributed by atoms with Crippen LogP contribution in [0.15, 0.2) is 23.3 Å². The minimum Gasteiger partial charge on any atom is -0.478 e. The Morgan fingerprint density at radius 2 is 1.57 bits per heavy atom. The highest BCUT2D eigenvalue weighted by atomic mass is 16.4. The molecular formula is C9H10O5. The van der Waals surface area contributed by atoms with Crippen molar-refractivity contribution in [3.63, 3.8) is 0 Å². The van der Waals surface area contributed by atoms with Crippen molar-refractivity contribution in [2.24, 2.45) is 5.92 Å². The van der Waals surface area contributed by atoms with Crippen molar-refractivity contribution in [2.75, 3.05) is 0 Å². The summed E-state index contributed by atoms with van der Waals surface area (Å²) in [5.41, 5.74) is -0.626. The molecule has 0 amide bonds. The smallest absolute Gasteiger partial charge is 0.336 e. The Labute approximate surface area is 80.0 Å². The van der Waals surface area contributed by atoms with Crippen molar-refractivity contribution in [1.29, 1.82) is 0 Å². The molecule has 5 heteroatoms. The van der Waals surface area contributed by atoms with E-state index < -0.39 is 18.0 Å². The van der Waals surface area contributed by atoms with Crippen LogP contribution in [0.5, 0.6) is 0 Å². The zero-order chi connectivity index (χ0) is 10.9. The van der Waals surface area contributed by atoms with Crippen LogP contribution in [-0.2, 0) is 9.59 Å². The van der Waals surface area contributed by atoms with E-state index in [1.165, 1.54) is 6.08 Å². The number of hydrogen-bond acceptors (Lipinski definition) is 3. The molecule has 0 saturated heterocycles. The summed E-state index contributed by atoms with van der Waals surface area (Å²) in [6, 6.07) is 0. The molecule has 0 radical (unpaired) electrons. The van der Waals surface area contributed by atoms with Gasteiger partial charge in [-0.25, -0.2) is 9.59 Å². The number of aliphatic hydroxyl groups is 1. The molecule has 1 aliphatic carbocycles. The second-order valence-electron chi connectivity index (χ2n) is 3.12. The van der Waals surface area contributed by atoms with E-state index in [1.54, 1.807) is 6.92 Å². The van der Waals surface area contributed by atoms with Gasteiger partial charge in [0, 0.05) is 5.92 Å². The number of aliphatic carboxylic acids is 2. The van der Waals surface area contributed by atoms with E-state index in [-0.39, 0.29) is 17.1 Å². The number of carboxylic acid groups (broad SMARTS) is 2. The quantitative estimate of drug-likeness (QED) is 0.581. The minimum absolute atomic E-state index is 0.268. The van der Waals surface area contributed by atoms with Crippen LogP contribution in [0.4, 0.5) is 0 Å². The van der Waals surface area contributed by atoms with E-state index in [0.717, 1.165) is 6.08 Å². The molecular weight excluding hydrogens is 188 g/mol. The molecule has 0 fully saturated rings. The van der Waals surface area contributed by atoms with Crippen LogP contribution in [-0.4, -0.2) is 33.4 Å². The normalized spacial score (nSPS) is 26.4. The Hall–Kier alpha value is -1.62. The van der Waals surface area contributed by atoms with Gasteiger partial charge in [-0.05, 0) is 6.08 Å². The average Bonchev–Trinajstić information content (AvgIpc) is 2.08. The Bertz CT molecular complexity index is 305. The van der Waals surface area contributed by atoms with Gasteiger partial charge in [0.25, 0.3) is 0 Å². The van der Waals surface area contributed by atoms with Gasteiger partial charge in [-0.15, -0.1) is 0 Å². The molecule has 3 N–H and O–H groups in total. The van der Waals surface area contributed by atoms with E-state index in [1.807, 2.05) is 0 Å². The lowest BCUT2D eigenvalue weighted by molar-refractivity contribution is -0.136. The number of hydrogen-bond donors (Lipinski definition) is 3. The van der Waals surface area contributed by atoms with Crippen LogP contribution >= 0.6 is 0 Å². The summed E-state index contributed by atoms with van der Waals surface area (Å²) in [5.74, 6) is -3.02. The van der Waals surface area contributed by atoms with Crippen LogP contribution in [0.2, 0.25) is 0 Å². The maximum atomic E-state index is 10.7. The van der Waals surface area contributed by atoms with Gasteiger partial charge in [-0.3, -0.25) is 0 Å². The number of carbonyl (C=O) groups is 2. The molecule has 76 valence electrons.